The first kappa shape index (κ1) is 15.1. The van der Waals surface area contributed by atoms with Crippen LogP contribution in [0.5, 0.6) is 11.6 Å². The molecule has 120 valence electrons. The standard InChI is InChI=1S/C17H19N3O3/c1-12-6-5-9-16(18-12)23-13-10-20(11-13)17(21)19-14-7-3-4-8-15(14)22-2/h3-9,13H,10-11H2,1-2H3,(H,19,21). The van der Waals surface area contributed by atoms with Crippen LogP contribution in [0.3, 0.4) is 0 Å². The van der Waals surface area contributed by atoms with Gasteiger partial charge in [-0.15, -0.1) is 0 Å². The lowest BCUT2D eigenvalue weighted by Gasteiger charge is -2.38. The number of likely N-dealkylation sites (tertiary alicyclic amines) is 1. The molecule has 1 fully saturated rings. The van der Waals surface area contributed by atoms with Gasteiger partial charge in [-0.1, -0.05) is 18.2 Å². The number of hydrogen-bond donors (Lipinski definition) is 1. The fraction of sp³-hybridized carbons (Fsp3) is 0.294. The van der Waals surface area contributed by atoms with Gasteiger partial charge in [0.15, 0.2) is 0 Å². The SMILES string of the molecule is COc1ccccc1NC(=O)N1CC(Oc2cccc(C)n2)C1. The molecule has 2 heterocycles. The number of carbonyl (C=O) groups is 1. The van der Waals surface area contributed by atoms with Crippen LogP contribution in [0, 0.1) is 6.92 Å². The van der Waals surface area contributed by atoms with Crippen LogP contribution in [0.15, 0.2) is 42.5 Å². The van der Waals surface area contributed by atoms with E-state index in [9.17, 15) is 4.79 Å². The summed E-state index contributed by atoms with van der Waals surface area (Å²) in [4.78, 5) is 18.2. The average Bonchev–Trinajstić information content (AvgIpc) is 2.51. The van der Waals surface area contributed by atoms with Crippen molar-refractivity contribution >= 4 is 11.7 Å². The third-order valence-corrected chi connectivity index (χ3v) is 3.63. The summed E-state index contributed by atoms with van der Waals surface area (Å²) < 4.78 is 11.0. The molecule has 0 radical (unpaired) electrons. The van der Waals surface area contributed by atoms with E-state index in [-0.39, 0.29) is 12.1 Å². The molecule has 1 N–H and O–H groups in total. The van der Waals surface area contributed by atoms with Gasteiger partial charge in [0, 0.05) is 11.8 Å². The molecule has 6 heteroatoms. The molecule has 3 rings (SSSR count). The number of urea groups is 1. The van der Waals surface area contributed by atoms with Gasteiger partial charge in [-0.3, -0.25) is 0 Å². The second-order valence-corrected chi connectivity index (χ2v) is 5.39. The number of nitrogens with zero attached hydrogens (tertiary/aromatic N) is 2. The van der Waals surface area contributed by atoms with Crippen molar-refractivity contribution in [3.63, 3.8) is 0 Å². The molecule has 1 aromatic carbocycles. The van der Waals surface area contributed by atoms with E-state index in [4.69, 9.17) is 9.47 Å². The highest BCUT2D eigenvalue weighted by Crippen LogP contribution is 2.24. The maximum Gasteiger partial charge on any atom is 0.322 e. The summed E-state index contributed by atoms with van der Waals surface area (Å²) >= 11 is 0. The monoisotopic (exact) mass is 313 g/mol. The minimum absolute atomic E-state index is 0.0206. The van der Waals surface area contributed by atoms with Crippen LogP contribution in [-0.4, -0.2) is 42.2 Å². The van der Waals surface area contributed by atoms with Gasteiger partial charge in [-0.2, -0.15) is 0 Å². The van der Waals surface area contributed by atoms with Crippen molar-refractivity contribution in [2.24, 2.45) is 0 Å². The fourth-order valence-corrected chi connectivity index (χ4v) is 2.38. The Hall–Kier alpha value is -2.76. The van der Waals surface area contributed by atoms with Crippen molar-refractivity contribution in [3.05, 3.63) is 48.2 Å². The van der Waals surface area contributed by atoms with Gasteiger partial charge in [0.2, 0.25) is 5.88 Å². The van der Waals surface area contributed by atoms with Gasteiger partial charge in [0.1, 0.15) is 11.9 Å². The Labute approximate surface area is 135 Å². The largest absolute Gasteiger partial charge is 0.495 e. The first-order chi connectivity index (χ1) is 11.2. The van der Waals surface area contributed by atoms with Crippen LogP contribution < -0.4 is 14.8 Å². The van der Waals surface area contributed by atoms with Crippen molar-refractivity contribution in [1.29, 1.82) is 0 Å². The molecule has 6 nitrogen and oxygen atoms in total. The Bertz CT molecular complexity index is 699. The zero-order chi connectivity index (χ0) is 16.2. The maximum absolute atomic E-state index is 12.2. The molecule has 0 spiro atoms. The lowest BCUT2D eigenvalue weighted by Crippen LogP contribution is -2.57. The Balaban J connectivity index is 1.52. The van der Waals surface area contributed by atoms with Gasteiger partial charge in [-0.05, 0) is 25.1 Å². The topological polar surface area (TPSA) is 63.7 Å². The molecule has 1 aliphatic heterocycles. The number of rotatable bonds is 4. The Morgan fingerprint density at radius 1 is 1.22 bits per heavy atom. The number of aromatic nitrogens is 1. The first-order valence-electron chi connectivity index (χ1n) is 7.45. The zero-order valence-corrected chi connectivity index (χ0v) is 13.2. The number of amides is 2. The smallest absolute Gasteiger partial charge is 0.322 e. The van der Waals surface area contributed by atoms with Gasteiger partial charge >= 0.3 is 6.03 Å². The van der Waals surface area contributed by atoms with E-state index in [2.05, 4.69) is 10.3 Å². The van der Waals surface area contributed by atoms with Crippen molar-refractivity contribution < 1.29 is 14.3 Å². The van der Waals surface area contributed by atoms with Gasteiger partial charge in [0.05, 0.1) is 25.9 Å². The molecule has 0 aliphatic carbocycles. The normalized spacial score (nSPS) is 14.1. The van der Waals surface area contributed by atoms with Crippen molar-refractivity contribution in [3.8, 4) is 11.6 Å². The molecular weight excluding hydrogens is 294 g/mol. The number of benzene rings is 1. The zero-order valence-electron chi connectivity index (χ0n) is 13.2. The summed E-state index contributed by atoms with van der Waals surface area (Å²) in [5, 5.41) is 2.85. The number of carbonyl (C=O) groups excluding carboxylic acids is 1. The first-order valence-corrected chi connectivity index (χ1v) is 7.45. The number of ether oxygens (including phenoxy) is 2. The van der Waals surface area contributed by atoms with Crippen LogP contribution in [-0.2, 0) is 0 Å². The molecule has 0 unspecified atom stereocenters. The quantitative estimate of drug-likeness (QED) is 0.942. The summed E-state index contributed by atoms with van der Waals surface area (Å²) in [6, 6.07) is 12.8. The number of methoxy groups -OCH3 is 1. The number of pyridine rings is 1. The Morgan fingerprint density at radius 2 is 2.00 bits per heavy atom. The molecule has 0 atom stereocenters. The van der Waals surface area contributed by atoms with Crippen LogP contribution in [0.2, 0.25) is 0 Å². The second kappa shape index (κ2) is 6.56. The summed E-state index contributed by atoms with van der Waals surface area (Å²) in [5.41, 5.74) is 1.57. The summed E-state index contributed by atoms with van der Waals surface area (Å²) in [6.45, 7) is 2.99. The third-order valence-electron chi connectivity index (χ3n) is 3.63. The second-order valence-electron chi connectivity index (χ2n) is 5.39. The van der Waals surface area contributed by atoms with Crippen LogP contribution in [0.4, 0.5) is 10.5 Å². The minimum Gasteiger partial charge on any atom is -0.495 e. The van der Waals surface area contributed by atoms with Gasteiger partial charge < -0.3 is 19.7 Å². The van der Waals surface area contributed by atoms with Crippen LogP contribution in [0.25, 0.3) is 0 Å². The molecule has 1 saturated heterocycles. The average molecular weight is 313 g/mol. The highest BCUT2D eigenvalue weighted by molar-refractivity contribution is 5.91. The molecule has 1 aliphatic rings. The van der Waals surface area contributed by atoms with E-state index >= 15 is 0 Å². The van der Waals surface area contributed by atoms with E-state index in [0.29, 0.717) is 30.4 Å². The minimum atomic E-state index is -0.161. The van der Waals surface area contributed by atoms with Gasteiger partial charge in [-0.25, -0.2) is 9.78 Å². The number of hydrogen-bond acceptors (Lipinski definition) is 4. The van der Waals surface area contributed by atoms with Crippen molar-refractivity contribution in [1.82, 2.24) is 9.88 Å². The van der Waals surface area contributed by atoms with E-state index in [0.717, 1.165) is 5.69 Å². The molecule has 1 aromatic heterocycles. The molecule has 2 aromatic rings. The Morgan fingerprint density at radius 3 is 2.74 bits per heavy atom. The lowest BCUT2D eigenvalue weighted by molar-refractivity contribution is 0.0460. The van der Waals surface area contributed by atoms with E-state index in [1.165, 1.54) is 0 Å². The van der Waals surface area contributed by atoms with E-state index in [1.807, 2.05) is 37.3 Å². The number of anilines is 1. The number of para-hydroxylation sites is 2. The summed E-state index contributed by atoms with van der Waals surface area (Å²) in [6.07, 6.45) is -0.0206. The van der Waals surface area contributed by atoms with Crippen molar-refractivity contribution in [2.75, 3.05) is 25.5 Å². The molecule has 23 heavy (non-hydrogen) atoms. The molecule has 0 bridgehead atoms. The lowest BCUT2D eigenvalue weighted by atomic mass is 10.2. The molecular formula is C17H19N3O3. The number of nitrogens with one attached hydrogen (secondary N) is 1. The third kappa shape index (κ3) is 3.53. The molecule has 2 amide bonds. The highest BCUT2D eigenvalue weighted by atomic mass is 16.5. The molecule has 0 saturated carbocycles. The van der Waals surface area contributed by atoms with Crippen LogP contribution >= 0.6 is 0 Å². The highest BCUT2D eigenvalue weighted by Gasteiger charge is 2.32. The van der Waals surface area contributed by atoms with Crippen LogP contribution in [0.1, 0.15) is 5.69 Å². The summed E-state index contributed by atoms with van der Waals surface area (Å²) in [7, 11) is 1.58. The Kier molecular flexibility index (Phi) is 4.32. The van der Waals surface area contributed by atoms with E-state index in [1.54, 1.807) is 24.1 Å². The maximum atomic E-state index is 12.2. The predicted molar refractivity (Wildman–Crippen MR) is 87.0 cm³/mol. The fourth-order valence-electron chi connectivity index (χ4n) is 2.38. The predicted octanol–water partition coefficient (Wildman–Crippen LogP) is 2.69. The summed E-state index contributed by atoms with van der Waals surface area (Å²) in [5.74, 6) is 1.23. The van der Waals surface area contributed by atoms with Crippen molar-refractivity contribution in [2.45, 2.75) is 13.0 Å². The number of aryl methyl sites for hydroxylation is 1. The van der Waals surface area contributed by atoms with E-state index < -0.39 is 0 Å². The van der Waals surface area contributed by atoms with Gasteiger partial charge in [0.25, 0.3) is 0 Å².